The van der Waals surface area contributed by atoms with Gasteiger partial charge >= 0.3 is 0 Å². The summed E-state index contributed by atoms with van der Waals surface area (Å²) in [4.78, 5) is 14.0. The van der Waals surface area contributed by atoms with Crippen molar-refractivity contribution in [3.63, 3.8) is 0 Å². The topological polar surface area (TPSA) is 79.6 Å². The lowest BCUT2D eigenvalue weighted by Crippen LogP contribution is -2.40. The van der Waals surface area contributed by atoms with Crippen LogP contribution in [0.1, 0.15) is 18.6 Å². The van der Waals surface area contributed by atoms with E-state index in [4.69, 9.17) is 4.42 Å². The molecular formula is C17H19BrN2O4S2. The molecule has 2 aromatic rings. The number of hydrogen-bond donors (Lipinski definition) is 1. The molecule has 0 aliphatic carbocycles. The van der Waals surface area contributed by atoms with Crippen LogP contribution in [-0.4, -0.2) is 38.9 Å². The Labute approximate surface area is 165 Å². The molecule has 9 heteroatoms. The number of sulfonamides is 1. The van der Waals surface area contributed by atoms with Gasteiger partial charge in [0.25, 0.3) is 0 Å². The zero-order chi connectivity index (χ0) is 18.6. The Hall–Kier alpha value is -1.42. The molecule has 1 aliphatic heterocycles. The minimum absolute atomic E-state index is 0.0520. The summed E-state index contributed by atoms with van der Waals surface area (Å²) in [5, 5.41) is 0. The maximum absolute atomic E-state index is 12.3. The molecule has 0 aromatic carbocycles. The summed E-state index contributed by atoms with van der Waals surface area (Å²) >= 11 is 4.46. The minimum Gasteiger partial charge on any atom is -0.465 e. The second-order valence-electron chi connectivity index (χ2n) is 6.03. The molecule has 0 saturated carbocycles. The van der Waals surface area contributed by atoms with Gasteiger partial charge in [-0.3, -0.25) is 4.79 Å². The Morgan fingerprint density at radius 1 is 1.35 bits per heavy atom. The number of carbonyl (C=O) groups excluding carboxylic acids is 1. The van der Waals surface area contributed by atoms with Crippen molar-refractivity contribution in [1.82, 2.24) is 9.62 Å². The van der Waals surface area contributed by atoms with E-state index < -0.39 is 10.0 Å². The molecule has 0 unspecified atom stereocenters. The van der Waals surface area contributed by atoms with Crippen LogP contribution in [0.3, 0.4) is 0 Å². The average Bonchev–Trinajstić information content (AvgIpc) is 3.30. The average molecular weight is 459 g/mol. The van der Waals surface area contributed by atoms with E-state index in [9.17, 15) is 13.2 Å². The number of nitrogens with zero attached hydrogens (tertiary/aromatic N) is 1. The Morgan fingerprint density at radius 3 is 2.73 bits per heavy atom. The van der Waals surface area contributed by atoms with Crippen LogP contribution in [0.5, 0.6) is 0 Å². The fraction of sp³-hybridized carbons (Fsp3) is 0.353. The first-order valence-electron chi connectivity index (χ1n) is 8.19. The first-order valence-corrected chi connectivity index (χ1v) is 11.3. The van der Waals surface area contributed by atoms with Crippen LogP contribution in [-0.2, 0) is 14.8 Å². The second kappa shape index (κ2) is 8.51. The number of rotatable bonds is 6. The molecule has 0 atom stereocenters. The third-order valence-electron chi connectivity index (χ3n) is 4.23. The monoisotopic (exact) mass is 458 g/mol. The maximum Gasteiger partial charge on any atom is 0.250 e. The first-order chi connectivity index (χ1) is 12.4. The summed E-state index contributed by atoms with van der Waals surface area (Å²) in [6, 6.07) is 6.86. The number of amides is 1. The van der Waals surface area contributed by atoms with Crippen LogP contribution in [0.2, 0.25) is 0 Å². The number of carbonyl (C=O) groups is 1. The van der Waals surface area contributed by atoms with Gasteiger partial charge in [0, 0.05) is 25.7 Å². The first kappa shape index (κ1) is 19.3. The second-order valence-corrected chi connectivity index (χ2v) is 10.5. The lowest BCUT2D eigenvalue weighted by molar-refractivity contribution is -0.127. The van der Waals surface area contributed by atoms with Gasteiger partial charge in [0.05, 0.1) is 10.0 Å². The predicted octanol–water partition coefficient (Wildman–Crippen LogP) is 3.33. The van der Waals surface area contributed by atoms with Crippen molar-refractivity contribution in [2.75, 3.05) is 19.6 Å². The number of nitrogens with one attached hydrogen (secondary N) is 1. The number of halogens is 1. The molecule has 26 heavy (non-hydrogen) atoms. The molecule has 3 heterocycles. The van der Waals surface area contributed by atoms with Crippen LogP contribution < -0.4 is 4.72 Å². The Bertz CT molecular complexity index is 866. The lowest BCUT2D eigenvalue weighted by atomic mass is 9.97. The van der Waals surface area contributed by atoms with Gasteiger partial charge in [-0.05, 0) is 65.0 Å². The van der Waals surface area contributed by atoms with Gasteiger partial charge in [-0.25, -0.2) is 13.1 Å². The highest BCUT2D eigenvalue weighted by atomic mass is 79.9. The third-order valence-corrected chi connectivity index (χ3v) is 7.77. The van der Waals surface area contributed by atoms with E-state index in [-0.39, 0.29) is 11.8 Å². The standard InChI is InChI=1S/C17H19BrN2O4S2/c18-15-4-6-17(25-15)26(22,23)19-12-13-7-9-20(10-8-13)16(21)5-3-14-2-1-11-24-14/h1-6,11,13,19H,7-10,12H2/b5-3+. The van der Waals surface area contributed by atoms with Gasteiger partial charge in [-0.1, -0.05) is 0 Å². The molecule has 1 amide bonds. The smallest absolute Gasteiger partial charge is 0.250 e. The number of thiophene rings is 1. The molecular weight excluding hydrogens is 440 g/mol. The van der Waals surface area contributed by atoms with E-state index in [0.29, 0.717) is 29.6 Å². The van der Waals surface area contributed by atoms with Crippen molar-refractivity contribution in [1.29, 1.82) is 0 Å². The maximum atomic E-state index is 12.3. The molecule has 140 valence electrons. The SMILES string of the molecule is O=C(/C=C/c1ccco1)N1CCC(CNS(=O)(=O)c2ccc(Br)s2)CC1. The zero-order valence-corrected chi connectivity index (χ0v) is 17.1. The van der Waals surface area contributed by atoms with Gasteiger partial charge in [0.1, 0.15) is 9.97 Å². The number of hydrogen-bond acceptors (Lipinski definition) is 5. The highest BCUT2D eigenvalue weighted by Gasteiger charge is 2.24. The number of likely N-dealkylation sites (tertiary alicyclic amines) is 1. The van der Waals surface area contributed by atoms with E-state index in [1.165, 1.54) is 17.4 Å². The largest absolute Gasteiger partial charge is 0.465 e. The highest BCUT2D eigenvalue weighted by Crippen LogP contribution is 2.26. The molecule has 1 N–H and O–H groups in total. The Morgan fingerprint density at radius 2 is 2.12 bits per heavy atom. The highest BCUT2D eigenvalue weighted by molar-refractivity contribution is 9.11. The summed E-state index contributed by atoms with van der Waals surface area (Å²) in [7, 11) is -3.47. The van der Waals surface area contributed by atoms with Gasteiger partial charge in [-0.15, -0.1) is 11.3 Å². The summed E-state index contributed by atoms with van der Waals surface area (Å²) in [5.41, 5.74) is 0. The quantitative estimate of drug-likeness (QED) is 0.673. The summed E-state index contributed by atoms with van der Waals surface area (Å²) in [6.07, 6.45) is 6.28. The molecule has 1 fully saturated rings. The van der Waals surface area contributed by atoms with E-state index in [1.807, 2.05) is 0 Å². The third kappa shape index (κ3) is 5.06. The molecule has 0 spiro atoms. The Balaban J connectivity index is 1.46. The molecule has 1 aliphatic rings. The van der Waals surface area contributed by atoms with Crippen molar-refractivity contribution in [3.8, 4) is 0 Å². The van der Waals surface area contributed by atoms with Gasteiger partial charge in [-0.2, -0.15) is 0 Å². The van der Waals surface area contributed by atoms with Crippen LogP contribution in [0.4, 0.5) is 0 Å². The van der Waals surface area contributed by atoms with Gasteiger partial charge < -0.3 is 9.32 Å². The van der Waals surface area contributed by atoms with Crippen molar-refractivity contribution >= 4 is 49.3 Å². The molecule has 0 bridgehead atoms. The van der Waals surface area contributed by atoms with Crippen LogP contribution in [0.25, 0.3) is 6.08 Å². The Kier molecular flexibility index (Phi) is 6.33. The van der Waals surface area contributed by atoms with Crippen molar-refractivity contribution in [2.45, 2.75) is 17.1 Å². The lowest BCUT2D eigenvalue weighted by Gasteiger charge is -2.31. The van der Waals surface area contributed by atoms with E-state index in [2.05, 4.69) is 20.7 Å². The van der Waals surface area contributed by atoms with Crippen molar-refractivity contribution in [2.24, 2.45) is 5.92 Å². The fourth-order valence-corrected chi connectivity index (χ4v) is 5.91. The summed E-state index contributed by atoms with van der Waals surface area (Å²) < 4.78 is 33.4. The summed E-state index contributed by atoms with van der Waals surface area (Å²) in [5.74, 6) is 0.818. The molecule has 6 nitrogen and oxygen atoms in total. The predicted molar refractivity (Wildman–Crippen MR) is 104 cm³/mol. The van der Waals surface area contributed by atoms with Gasteiger partial charge in [0.2, 0.25) is 15.9 Å². The summed E-state index contributed by atoms with van der Waals surface area (Å²) in [6.45, 7) is 1.64. The molecule has 1 saturated heterocycles. The zero-order valence-electron chi connectivity index (χ0n) is 13.9. The van der Waals surface area contributed by atoms with E-state index >= 15 is 0 Å². The molecule has 0 radical (unpaired) electrons. The normalized spacial score (nSPS) is 16.4. The van der Waals surface area contributed by atoms with E-state index in [0.717, 1.165) is 16.6 Å². The van der Waals surface area contributed by atoms with Gasteiger partial charge in [0.15, 0.2) is 0 Å². The molecule has 2 aromatic heterocycles. The van der Waals surface area contributed by atoms with Crippen LogP contribution >= 0.6 is 27.3 Å². The van der Waals surface area contributed by atoms with Crippen LogP contribution in [0, 0.1) is 5.92 Å². The van der Waals surface area contributed by atoms with Crippen molar-refractivity contribution in [3.05, 3.63) is 46.2 Å². The van der Waals surface area contributed by atoms with E-state index in [1.54, 1.807) is 41.5 Å². The molecule has 3 rings (SSSR count). The van der Waals surface area contributed by atoms with Crippen molar-refractivity contribution < 1.29 is 17.6 Å². The van der Waals surface area contributed by atoms with Crippen LogP contribution in [0.15, 0.2) is 49.0 Å². The number of furan rings is 1. The fourth-order valence-electron chi connectivity index (χ4n) is 2.74. The number of piperidine rings is 1. The minimum atomic E-state index is -3.47.